The minimum absolute atomic E-state index is 0.103. The van der Waals surface area contributed by atoms with Gasteiger partial charge in [-0.3, -0.25) is 14.4 Å². The van der Waals surface area contributed by atoms with Crippen molar-refractivity contribution in [2.24, 2.45) is 0 Å². The summed E-state index contributed by atoms with van der Waals surface area (Å²) in [6.07, 6.45) is 0. The number of benzene rings is 2. The minimum Gasteiger partial charge on any atom is -0.325 e. The predicted molar refractivity (Wildman–Crippen MR) is 91.7 cm³/mol. The van der Waals surface area contributed by atoms with Crippen LogP contribution in [0.3, 0.4) is 0 Å². The summed E-state index contributed by atoms with van der Waals surface area (Å²) in [5.74, 6) is -0.723. The SMILES string of the molecule is O=C(CSCC(=O)Nc1ccc(F)cc1)NOCc1ccccc1. The van der Waals surface area contributed by atoms with Crippen molar-refractivity contribution in [3.63, 3.8) is 0 Å². The van der Waals surface area contributed by atoms with E-state index in [4.69, 9.17) is 4.84 Å². The topological polar surface area (TPSA) is 67.4 Å². The normalized spacial score (nSPS) is 10.2. The number of carbonyl (C=O) groups is 2. The molecule has 2 amide bonds. The first kappa shape index (κ1) is 18.0. The van der Waals surface area contributed by atoms with Crippen LogP contribution in [-0.2, 0) is 21.0 Å². The van der Waals surface area contributed by atoms with Crippen molar-refractivity contribution in [2.45, 2.75) is 6.61 Å². The molecular formula is C17H17FN2O3S. The number of rotatable bonds is 8. The number of hydrogen-bond acceptors (Lipinski definition) is 4. The van der Waals surface area contributed by atoms with Crippen LogP contribution in [0.4, 0.5) is 10.1 Å². The van der Waals surface area contributed by atoms with Gasteiger partial charge in [0.15, 0.2) is 0 Å². The summed E-state index contributed by atoms with van der Waals surface area (Å²) >= 11 is 1.16. The van der Waals surface area contributed by atoms with Gasteiger partial charge >= 0.3 is 0 Å². The lowest BCUT2D eigenvalue weighted by Crippen LogP contribution is -2.26. The van der Waals surface area contributed by atoms with Gasteiger partial charge < -0.3 is 5.32 Å². The number of hydroxylamine groups is 1. The maximum absolute atomic E-state index is 12.8. The van der Waals surface area contributed by atoms with E-state index in [2.05, 4.69) is 10.8 Å². The van der Waals surface area contributed by atoms with E-state index in [0.717, 1.165) is 17.3 Å². The second-order valence-corrected chi connectivity index (χ2v) is 5.83. The molecule has 2 rings (SSSR count). The second kappa shape index (κ2) is 9.69. The largest absolute Gasteiger partial charge is 0.325 e. The third-order valence-electron chi connectivity index (χ3n) is 2.86. The highest BCUT2D eigenvalue weighted by Gasteiger charge is 2.06. The lowest BCUT2D eigenvalue weighted by atomic mass is 10.2. The van der Waals surface area contributed by atoms with E-state index < -0.39 is 0 Å². The molecule has 0 atom stereocenters. The van der Waals surface area contributed by atoms with E-state index in [1.807, 2.05) is 30.3 Å². The molecule has 7 heteroatoms. The van der Waals surface area contributed by atoms with Crippen LogP contribution in [0.25, 0.3) is 0 Å². The van der Waals surface area contributed by atoms with E-state index in [0.29, 0.717) is 5.69 Å². The second-order valence-electron chi connectivity index (χ2n) is 4.85. The zero-order valence-corrected chi connectivity index (χ0v) is 13.6. The molecule has 0 bridgehead atoms. The molecule has 0 aliphatic rings. The molecule has 2 aromatic carbocycles. The number of nitrogens with one attached hydrogen (secondary N) is 2. The van der Waals surface area contributed by atoms with Gasteiger partial charge in [-0.25, -0.2) is 9.87 Å². The van der Waals surface area contributed by atoms with Gasteiger partial charge in [0.05, 0.1) is 18.1 Å². The van der Waals surface area contributed by atoms with Gasteiger partial charge in [0.2, 0.25) is 5.91 Å². The van der Waals surface area contributed by atoms with Crippen LogP contribution in [0, 0.1) is 5.82 Å². The van der Waals surface area contributed by atoms with Crippen molar-refractivity contribution in [3.8, 4) is 0 Å². The summed E-state index contributed by atoms with van der Waals surface area (Å²) in [6, 6.07) is 14.9. The van der Waals surface area contributed by atoms with Gasteiger partial charge in [-0.2, -0.15) is 0 Å². The van der Waals surface area contributed by atoms with E-state index in [-0.39, 0.29) is 35.7 Å². The Bertz CT molecular complexity index is 665. The van der Waals surface area contributed by atoms with Crippen LogP contribution in [0.2, 0.25) is 0 Å². The highest BCUT2D eigenvalue weighted by atomic mass is 32.2. The molecule has 0 saturated carbocycles. The van der Waals surface area contributed by atoms with E-state index in [9.17, 15) is 14.0 Å². The Morgan fingerprint density at radius 3 is 2.33 bits per heavy atom. The molecule has 24 heavy (non-hydrogen) atoms. The summed E-state index contributed by atoms with van der Waals surface area (Å²) in [4.78, 5) is 28.4. The molecule has 0 aliphatic carbocycles. The monoisotopic (exact) mass is 348 g/mol. The minimum atomic E-state index is -0.366. The number of anilines is 1. The van der Waals surface area contributed by atoms with E-state index in [1.54, 1.807) is 0 Å². The van der Waals surface area contributed by atoms with Crippen molar-refractivity contribution in [1.82, 2.24) is 5.48 Å². The van der Waals surface area contributed by atoms with Crippen molar-refractivity contribution < 1.29 is 18.8 Å². The van der Waals surface area contributed by atoms with Crippen LogP contribution in [0.1, 0.15) is 5.56 Å². The van der Waals surface area contributed by atoms with Crippen LogP contribution >= 0.6 is 11.8 Å². The Labute approximate surface area is 143 Å². The molecule has 5 nitrogen and oxygen atoms in total. The summed E-state index contributed by atoms with van der Waals surface area (Å²) in [5.41, 5.74) is 3.79. The van der Waals surface area contributed by atoms with Crippen LogP contribution in [0.5, 0.6) is 0 Å². The third kappa shape index (κ3) is 6.80. The van der Waals surface area contributed by atoms with E-state index in [1.165, 1.54) is 24.3 Å². The van der Waals surface area contributed by atoms with Crippen molar-refractivity contribution in [1.29, 1.82) is 0 Å². The summed E-state index contributed by atoms with van der Waals surface area (Å²) < 4.78 is 12.8. The number of carbonyl (C=O) groups excluding carboxylic acids is 2. The van der Waals surface area contributed by atoms with Crippen molar-refractivity contribution in [2.75, 3.05) is 16.8 Å². The molecule has 0 unspecified atom stereocenters. The smallest absolute Gasteiger partial charge is 0.253 e. The van der Waals surface area contributed by atoms with Crippen LogP contribution < -0.4 is 10.8 Å². The first-order valence-electron chi connectivity index (χ1n) is 7.21. The number of thioether (sulfide) groups is 1. The fourth-order valence-electron chi connectivity index (χ4n) is 1.77. The predicted octanol–water partition coefficient (Wildman–Crippen LogP) is 2.75. The van der Waals surface area contributed by atoms with Crippen molar-refractivity contribution in [3.05, 3.63) is 66.0 Å². The summed E-state index contributed by atoms with van der Waals surface area (Å²) in [7, 11) is 0. The average Bonchev–Trinajstić information content (AvgIpc) is 2.58. The highest BCUT2D eigenvalue weighted by molar-refractivity contribution is 8.00. The fourth-order valence-corrected chi connectivity index (χ4v) is 2.37. The Kier molecular flexibility index (Phi) is 7.25. The van der Waals surface area contributed by atoms with E-state index >= 15 is 0 Å². The van der Waals surface area contributed by atoms with Gasteiger partial charge in [0.1, 0.15) is 5.82 Å². The Morgan fingerprint density at radius 1 is 0.958 bits per heavy atom. The Hall–Kier alpha value is -2.38. The van der Waals surface area contributed by atoms with Gasteiger partial charge in [-0.05, 0) is 29.8 Å². The molecular weight excluding hydrogens is 331 g/mol. The molecule has 0 fully saturated rings. The zero-order chi connectivity index (χ0) is 17.2. The third-order valence-corrected chi connectivity index (χ3v) is 3.79. The highest BCUT2D eigenvalue weighted by Crippen LogP contribution is 2.09. The number of hydrogen-bond donors (Lipinski definition) is 2. The molecule has 0 aromatic heterocycles. The lowest BCUT2D eigenvalue weighted by molar-refractivity contribution is -0.131. The van der Waals surface area contributed by atoms with Gasteiger partial charge in [0.25, 0.3) is 5.91 Å². The number of amides is 2. The quantitative estimate of drug-likeness (QED) is 0.720. The standard InChI is InChI=1S/C17H17FN2O3S/c18-14-6-8-15(9-7-14)19-16(21)11-24-12-17(22)20-23-10-13-4-2-1-3-5-13/h1-9H,10-12H2,(H,19,21)(H,20,22). The van der Waals surface area contributed by atoms with Crippen molar-refractivity contribution >= 4 is 29.3 Å². The first-order chi connectivity index (χ1) is 11.6. The lowest BCUT2D eigenvalue weighted by Gasteiger charge is -2.07. The molecule has 0 radical (unpaired) electrons. The fraction of sp³-hybridized carbons (Fsp3) is 0.176. The Balaban J connectivity index is 1.58. The van der Waals surface area contributed by atoms with Gasteiger partial charge in [-0.15, -0.1) is 11.8 Å². The molecule has 0 heterocycles. The summed E-state index contributed by atoms with van der Waals surface area (Å²) in [5, 5.41) is 2.62. The molecule has 0 spiro atoms. The maximum Gasteiger partial charge on any atom is 0.253 e. The molecule has 126 valence electrons. The Morgan fingerprint density at radius 2 is 1.62 bits per heavy atom. The molecule has 0 saturated heterocycles. The number of halogens is 1. The zero-order valence-electron chi connectivity index (χ0n) is 12.8. The molecule has 2 N–H and O–H groups in total. The van der Waals surface area contributed by atoms with Crippen LogP contribution in [0.15, 0.2) is 54.6 Å². The summed E-state index contributed by atoms with van der Waals surface area (Å²) in [6.45, 7) is 0.280. The van der Waals surface area contributed by atoms with Crippen LogP contribution in [-0.4, -0.2) is 23.3 Å². The maximum atomic E-state index is 12.8. The van der Waals surface area contributed by atoms with Gasteiger partial charge in [-0.1, -0.05) is 30.3 Å². The molecule has 2 aromatic rings. The van der Waals surface area contributed by atoms with Gasteiger partial charge in [0, 0.05) is 5.69 Å². The average molecular weight is 348 g/mol. The first-order valence-corrected chi connectivity index (χ1v) is 8.36. The molecule has 0 aliphatic heterocycles.